The van der Waals surface area contributed by atoms with Crippen LogP contribution in [-0.4, -0.2) is 42.1 Å². The van der Waals surface area contributed by atoms with Crippen molar-refractivity contribution < 1.29 is 23.9 Å². The molecule has 2 aromatic rings. The molecule has 1 aromatic heterocycles. The molecule has 0 saturated heterocycles. The van der Waals surface area contributed by atoms with E-state index >= 15 is 0 Å². The quantitative estimate of drug-likeness (QED) is 0.611. The lowest BCUT2D eigenvalue weighted by Crippen LogP contribution is -2.24. The molecule has 1 atom stereocenters. The van der Waals surface area contributed by atoms with Gasteiger partial charge in [-0.05, 0) is 32.4 Å². The van der Waals surface area contributed by atoms with Crippen molar-refractivity contribution in [3.05, 3.63) is 42.0 Å². The van der Waals surface area contributed by atoms with Gasteiger partial charge in [0.25, 0.3) is 0 Å². The Hall–Kier alpha value is -2.32. The van der Waals surface area contributed by atoms with E-state index in [9.17, 15) is 14.4 Å². The van der Waals surface area contributed by atoms with Crippen molar-refractivity contribution in [2.45, 2.75) is 26.0 Å². The molecule has 0 saturated carbocycles. The summed E-state index contributed by atoms with van der Waals surface area (Å²) in [4.78, 5) is 37.2. The van der Waals surface area contributed by atoms with E-state index in [-0.39, 0.29) is 24.2 Å². The maximum atomic E-state index is 12.5. The Balaban J connectivity index is 2.16. The number of thioether (sulfide) groups is 1. The van der Waals surface area contributed by atoms with Gasteiger partial charge in [-0.3, -0.25) is 9.59 Å². The van der Waals surface area contributed by atoms with Gasteiger partial charge >= 0.3 is 11.9 Å². The first kappa shape index (κ1) is 22.0. The van der Waals surface area contributed by atoms with Crippen molar-refractivity contribution in [3.8, 4) is 10.4 Å². The first-order valence-corrected chi connectivity index (χ1v) is 10.8. The van der Waals surface area contributed by atoms with Gasteiger partial charge in [0.15, 0.2) is 0 Å². The molecule has 0 bridgehead atoms. The fourth-order valence-corrected chi connectivity index (χ4v) is 4.01. The van der Waals surface area contributed by atoms with E-state index in [0.29, 0.717) is 17.2 Å². The molecule has 0 aliphatic carbocycles. The molecule has 0 aliphatic rings. The maximum absolute atomic E-state index is 12.5. The number of hydrogen-bond donors (Lipinski definition) is 1. The van der Waals surface area contributed by atoms with E-state index in [1.165, 1.54) is 23.1 Å². The molecular formula is C20H23NO5S2. The minimum atomic E-state index is -0.485. The predicted molar refractivity (Wildman–Crippen MR) is 113 cm³/mol. The zero-order valence-electron chi connectivity index (χ0n) is 16.0. The number of rotatable bonds is 9. The summed E-state index contributed by atoms with van der Waals surface area (Å²) in [6.07, 6.45) is 0. The molecule has 1 N–H and O–H groups in total. The van der Waals surface area contributed by atoms with Crippen molar-refractivity contribution in [3.63, 3.8) is 0 Å². The Morgan fingerprint density at radius 2 is 1.79 bits per heavy atom. The molecule has 0 unspecified atom stereocenters. The zero-order chi connectivity index (χ0) is 20.5. The van der Waals surface area contributed by atoms with Gasteiger partial charge in [0.05, 0.1) is 29.8 Å². The normalized spacial score (nSPS) is 11.5. The Morgan fingerprint density at radius 3 is 2.43 bits per heavy atom. The van der Waals surface area contributed by atoms with Crippen LogP contribution in [0.25, 0.3) is 10.4 Å². The van der Waals surface area contributed by atoms with Crippen molar-refractivity contribution >= 4 is 45.9 Å². The van der Waals surface area contributed by atoms with Gasteiger partial charge in [-0.1, -0.05) is 30.3 Å². The van der Waals surface area contributed by atoms with Crippen LogP contribution in [0.1, 0.15) is 31.1 Å². The lowest BCUT2D eigenvalue weighted by Gasteiger charge is -2.11. The highest BCUT2D eigenvalue weighted by Crippen LogP contribution is 2.36. The van der Waals surface area contributed by atoms with Gasteiger partial charge in [0.1, 0.15) is 5.00 Å². The summed E-state index contributed by atoms with van der Waals surface area (Å²) in [5.74, 6) is -1.04. The second kappa shape index (κ2) is 10.9. The SMILES string of the molecule is CCOC(=O)CS[C@@H](C)C(=O)Nc1sc(-c2ccccc2)cc1C(=O)OCC. The number of benzene rings is 1. The Kier molecular flexibility index (Phi) is 8.53. The van der Waals surface area contributed by atoms with Crippen LogP contribution in [0.5, 0.6) is 0 Å². The molecular weight excluding hydrogens is 398 g/mol. The fraction of sp³-hybridized carbons (Fsp3) is 0.350. The molecule has 0 fully saturated rings. The number of esters is 2. The Morgan fingerprint density at radius 1 is 1.11 bits per heavy atom. The van der Waals surface area contributed by atoms with Crippen LogP contribution in [0.4, 0.5) is 5.00 Å². The van der Waals surface area contributed by atoms with Crippen LogP contribution in [0.15, 0.2) is 36.4 Å². The molecule has 0 aliphatic heterocycles. The van der Waals surface area contributed by atoms with Crippen molar-refractivity contribution in [2.75, 3.05) is 24.3 Å². The van der Waals surface area contributed by atoms with E-state index in [4.69, 9.17) is 9.47 Å². The topological polar surface area (TPSA) is 81.7 Å². The number of ether oxygens (including phenoxy) is 2. The second-order valence-corrected chi connectivity index (χ2v) is 8.07. The molecule has 8 heteroatoms. The summed E-state index contributed by atoms with van der Waals surface area (Å²) >= 11 is 2.49. The predicted octanol–water partition coefficient (Wildman–Crippen LogP) is 4.22. The van der Waals surface area contributed by atoms with E-state index in [0.717, 1.165) is 10.4 Å². The van der Waals surface area contributed by atoms with Gasteiger partial charge in [-0.2, -0.15) is 0 Å². The number of anilines is 1. The highest BCUT2D eigenvalue weighted by atomic mass is 32.2. The zero-order valence-corrected chi connectivity index (χ0v) is 17.7. The van der Waals surface area contributed by atoms with Crippen LogP contribution in [0, 0.1) is 0 Å². The lowest BCUT2D eigenvalue weighted by molar-refractivity contribution is -0.139. The van der Waals surface area contributed by atoms with Crippen molar-refractivity contribution in [2.24, 2.45) is 0 Å². The lowest BCUT2D eigenvalue weighted by atomic mass is 10.1. The van der Waals surface area contributed by atoms with E-state index in [2.05, 4.69) is 5.32 Å². The summed E-state index contributed by atoms with van der Waals surface area (Å²) in [6.45, 7) is 5.72. The number of thiophene rings is 1. The van der Waals surface area contributed by atoms with Gasteiger partial charge in [0.2, 0.25) is 5.91 Å². The standard InChI is InChI=1S/C20H23NO5S2/c1-4-25-17(22)12-27-13(3)18(23)21-19-15(20(24)26-5-2)11-16(28-19)14-9-7-6-8-10-14/h6-11,13H,4-5,12H2,1-3H3,(H,21,23)/t13-/m0/s1. The average molecular weight is 422 g/mol. The third kappa shape index (κ3) is 6.10. The van der Waals surface area contributed by atoms with Crippen LogP contribution in [-0.2, 0) is 19.1 Å². The summed E-state index contributed by atoms with van der Waals surface area (Å²) in [5, 5.41) is 2.75. The van der Waals surface area contributed by atoms with Crippen LogP contribution in [0.3, 0.4) is 0 Å². The van der Waals surface area contributed by atoms with Gasteiger partial charge in [-0.15, -0.1) is 23.1 Å². The van der Waals surface area contributed by atoms with Crippen LogP contribution >= 0.6 is 23.1 Å². The molecule has 1 aromatic carbocycles. The van der Waals surface area contributed by atoms with Crippen molar-refractivity contribution in [1.29, 1.82) is 0 Å². The van der Waals surface area contributed by atoms with Crippen LogP contribution in [0.2, 0.25) is 0 Å². The minimum Gasteiger partial charge on any atom is -0.465 e. The third-order valence-corrected chi connectivity index (χ3v) is 5.86. The van der Waals surface area contributed by atoms with E-state index in [1.54, 1.807) is 26.8 Å². The average Bonchev–Trinajstić information content (AvgIpc) is 3.11. The van der Waals surface area contributed by atoms with Crippen LogP contribution < -0.4 is 5.32 Å². The molecule has 28 heavy (non-hydrogen) atoms. The third-order valence-electron chi connectivity index (χ3n) is 3.65. The van der Waals surface area contributed by atoms with Gasteiger partial charge in [0, 0.05) is 4.88 Å². The molecule has 2 rings (SSSR count). The van der Waals surface area contributed by atoms with E-state index in [1.807, 2.05) is 30.3 Å². The monoisotopic (exact) mass is 421 g/mol. The molecule has 6 nitrogen and oxygen atoms in total. The van der Waals surface area contributed by atoms with Crippen molar-refractivity contribution in [1.82, 2.24) is 0 Å². The maximum Gasteiger partial charge on any atom is 0.341 e. The fourth-order valence-electron chi connectivity index (χ4n) is 2.27. The second-order valence-electron chi connectivity index (χ2n) is 5.69. The summed E-state index contributed by atoms with van der Waals surface area (Å²) < 4.78 is 9.99. The first-order chi connectivity index (χ1) is 13.5. The first-order valence-electron chi connectivity index (χ1n) is 8.90. The van der Waals surface area contributed by atoms with Gasteiger partial charge < -0.3 is 14.8 Å². The Labute approximate surface area is 172 Å². The number of hydrogen-bond acceptors (Lipinski definition) is 7. The number of nitrogens with one attached hydrogen (secondary N) is 1. The Bertz CT molecular complexity index is 819. The molecule has 0 radical (unpaired) electrons. The molecule has 150 valence electrons. The van der Waals surface area contributed by atoms with Gasteiger partial charge in [-0.25, -0.2) is 4.79 Å². The summed E-state index contributed by atoms with van der Waals surface area (Å²) in [5.41, 5.74) is 1.27. The summed E-state index contributed by atoms with van der Waals surface area (Å²) in [6, 6.07) is 11.3. The number of amides is 1. The smallest absolute Gasteiger partial charge is 0.341 e. The molecule has 0 spiro atoms. The highest BCUT2D eigenvalue weighted by Gasteiger charge is 2.22. The summed E-state index contributed by atoms with van der Waals surface area (Å²) in [7, 11) is 0. The minimum absolute atomic E-state index is 0.0901. The number of carbonyl (C=O) groups excluding carboxylic acids is 3. The highest BCUT2D eigenvalue weighted by molar-refractivity contribution is 8.01. The molecule has 1 heterocycles. The van der Waals surface area contributed by atoms with E-state index < -0.39 is 11.2 Å². The molecule has 1 amide bonds. The number of carbonyl (C=O) groups is 3. The largest absolute Gasteiger partial charge is 0.465 e.